The molecule has 0 aliphatic rings. The summed E-state index contributed by atoms with van der Waals surface area (Å²) in [5.74, 6) is 0.852. The molecule has 0 aliphatic heterocycles. The second-order valence-corrected chi connectivity index (χ2v) is 5.51. The van der Waals surface area contributed by atoms with Crippen molar-refractivity contribution >= 4 is 16.6 Å². The molecule has 0 saturated heterocycles. The maximum Gasteiger partial charge on any atom is 0.274 e. The molecule has 0 atom stereocenters. The van der Waals surface area contributed by atoms with E-state index in [0.29, 0.717) is 12.2 Å². The molecular formula is C19H20N2O2. The summed E-state index contributed by atoms with van der Waals surface area (Å²) in [5.41, 5.74) is 2.78. The van der Waals surface area contributed by atoms with Crippen LogP contribution in [0.5, 0.6) is 5.75 Å². The third kappa shape index (κ3) is 3.21. The summed E-state index contributed by atoms with van der Waals surface area (Å²) in [4.78, 5) is 12.4. The molecule has 118 valence electrons. The number of nitrogens with zero attached hydrogens (tertiary/aromatic N) is 1. The van der Waals surface area contributed by atoms with Crippen LogP contribution in [-0.2, 0) is 13.5 Å². The maximum absolute atomic E-state index is 12.4. The Balaban J connectivity index is 1.74. The number of hydrogen-bond donors (Lipinski definition) is 1. The molecule has 3 aromatic rings. The van der Waals surface area contributed by atoms with Gasteiger partial charge in [-0.1, -0.05) is 30.3 Å². The van der Waals surface area contributed by atoms with Gasteiger partial charge < -0.3 is 14.6 Å². The Hall–Kier alpha value is -2.75. The van der Waals surface area contributed by atoms with Gasteiger partial charge in [0.1, 0.15) is 11.4 Å². The van der Waals surface area contributed by atoms with E-state index in [-0.39, 0.29) is 5.56 Å². The van der Waals surface area contributed by atoms with Crippen molar-refractivity contribution < 1.29 is 4.74 Å². The predicted molar refractivity (Wildman–Crippen MR) is 94.4 cm³/mol. The van der Waals surface area contributed by atoms with Crippen LogP contribution in [0.2, 0.25) is 0 Å². The van der Waals surface area contributed by atoms with E-state index < -0.39 is 0 Å². The van der Waals surface area contributed by atoms with Crippen LogP contribution >= 0.6 is 0 Å². The molecule has 1 N–H and O–H groups in total. The average molecular weight is 308 g/mol. The summed E-state index contributed by atoms with van der Waals surface area (Å²) in [6, 6.07) is 17.8. The first-order valence-electron chi connectivity index (χ1n) is 7.64. The first kappa shape index (κ1) is 15.2. The third-order valence-corrected chi connectivity index (χ3v) is 4.02. The van der Waals surface area contributed by atoms with Crippen LogP contribution in [0.25, 0.3) is 10.9 Å². The zero-order valence-corrected chi connectivity index (χ0v) is 13.4. The fourth-order valence-corrected chi connectivity index (χ4v) is 2.68. The van der Waals surface area contributed by atoms with Crippen LogP contribution in [-0.4, -0.2) is 18.2 Å². The van der Waals surface area contributed by atoms with Crippen LogP contribution < -0.4 is 15.6 Å². The number of anilines is 1. The number of rotatable bonds is 5. The van der Waals surface area contributed by atoms with Gasteiger partial charge in [-0.05, 0) is 36.2 Å². The highest BCUT2D eigenvalue weighted by molar-refractivity contribution is 5.82. The predicted octanol–water partition coefficient (Wildman–Crippen LogP) is 3.20. The van der Waals surface area contributed by atoms with Gasteiger partial charge in [0.2, 0.25) is 0 Å². The highest BCUT2D eigenvalue weighted by Crippen LogP contribution is 2.15. The van der Waals surface area contributed by atoms with E-state index in [0.717, 1.165) is 23.1 Å². The molecule has 0 saturated carbocycles. The van der Waals surface area contributed by atoms with E-state index in [9.17, 15) is 4.79 Å². The van der Waals surface area contributed by atoms with E-state index in [1.54, 1.807) is 18.7 Å². The van der Waals surface area contributed by atoms with Crippen LogP contribution in [0.3, 0.4) is 0 Å². The van der Waals surface area contributed by atoms with Gasteiger partial charge >= 0.3 is 0 Å². The maximum atomic E-state index is 12.4. The number of pyridine rings is 1. The molecule has 4 heteroatoms. The van der Waals surface area contributed by atoms with Crippen molar-refractivity contribution in [2.45, 2.75) is 6.42 Å². The lowest BCUT2D eigenvalue weighted by molar-refractivity contribution is 0.414. The number of benzene rings is 2. The van der Waals surface area contributed by atoms with E-state index in [1.807, 2.05) is 54.6 Å². The third-order valence-electron chi connectivity index (χ3n) is 4.02. The van der Waals surface area contributed by atoms with Crippen molar-refractivity contribution in [3.05, 3.63) is 70.5 Å². The number of nitrogens with one attached hydrogen (secondary N) is 1. The van der Waals surface area contributed by atoms with Crippen LogP contribution in [0, 0.1) is 0 Å². The smallest absolute Gasteiger partial charge is 0.274 e. The molecule has 1 aromatic heterocycles. The molecule has 0 amide bonds. The van der Waals surface area contributed by atoms with E-state index in [1.165, 1.54) is 5.56 Å². The molecule has 0 bridgehead atoms. The zero-order valence-electron chi connectivity index (χ0n) is 13.4. The minimum atomic E-state index is -0.00145. The zero-order chi connectivity index (χ0) is 16.2. The molecule has 3 rings (SSSR count). The van der Waals surface area contributed by atoms with Crippen LogP contribution in [0.1, 0.15) is 5.56 Å². The van der Waals surface area contributed by atoms with Gasteiger partial charge in [-0.3, -0.25) is 4.79 Å². The van der Waals surface area contributed by atoms with Gasteiger partial charge in [0.05, 0.1) is 12.6 Å². The summed E-state index contributed by atoms with van der Waals surface area (Å²) in [6.07, 6.45) is 0.847. The van der Waals surface area contributed by atoms with Crippen LogP contribution in [0.4, 0.5) is 5.69 Å². The van der Waals surface area contributed by atoms with Crippen molar-refractivity contribution in [3.8, 4) is 5.75 Å². The van der Waals surface area contributed by atoms with Crippen molar-refractivity contribution in [1.29, 1.82) is 0 Å². The molecule has 0 unspecified atom stereocenters. The Morgan fingerprint density at radius 3 is 2.57 bits per heavy atom. The Kier molecular flexibility index (Phi) is 4.33. The number of methoxy groups -OCH3 is 1. The molecule has 23 heavy (non-hydrogen) atoms. The van der Waals surface area contributed by atoms with Crippen molar-refractivity contribution in [2.24, 2.45) is 7.05 Å². The summed E-state index contributed by atoms with van der Waals surface area (Å²) >= 11 is 0. The molecule has 0 fully saturated rings. The number of hydrogen-bond acceptors (Lipinski definition) is 3. The molecule has 0 spiro atoms. The van der Waals surface area contributed by atoms with Crippen molar-refractivity contribution in [3.63, 3.8) is 0 Å². The lowest BCUT2D eigenvalue weighted by atomic mass is 10.1. The second kappa shape index (κ2) is 6.57. The number of ether oxygens (including phenoxy) is 1. The van der Waals surface area contributed by atoms with Gasteiger partial charge in [0.15, 0.2) is 0 Å². The molecule has 2 aromatic carbocycles. The molecule has 4 nitrogen and oxygen atoms in total. The second-order valence-electron chi connectivity index (χ2n) is 5.51. The summed E-state index contributed by atoms with van der Waals surface area (Å²) in [5, 5.41) is 4.32. The SMILES string of the molecule is COc1ccc(CCNc2cc3ccccc3n(C)c2=O)cc1. The lowest BCUT2D eigenvalue weighted by Crippen LogP contribution is -2.22. The standard InChI is InChI=1S/C19H20N2O2/c1-21-18-6-4-3-5-15(18)13-17(19(21)22)20-12-11-14-7-9-16(23-2)10-8-14/h3-10,13,20H,11-12H2,1-2H3. The lowest BCUT2D eigenvalue weighted by Gasteiger charge is -2.11. The van der Waals surface area contributed by atoms with E-state index in [2.05, 4.69) is 5.32 Å². The molecule has 1 heterocycles. The summed E-state index contributed by atoms with van der Waals surface area (Å²) in [6.45, 7) is 0.708. The molecular weight excluding hydrogens is 288 g/mol. The Bertz CT molecular complexity index is 867. The van der Waals surface area contributed by atoms with Gasteiger partial charge in [-0.25, -0.2) is 0 Å². The number of para-hydroxylation sites is 1. The minimum Gasteiger partial charge on any atom is -0.497 e. The fourth-order valence-electron chi connectivity index (χ4n) is 2.68. The fraction of sp³-hybridized carbons (Fsp3) is 0.211. The van der Waals surface area contributed by atoms with Crippen molar-refractivity contribution in [2.75, 3.05) is 19.0 Å². The Labute approximate surface area is 135 Å². The van der Waals surface area contributed by atoms with Gasteiger partial charge in [0.25, 0.3) is 5.56 Å². The van der Waals surface area contributed by atoms with Gasteiger partial charge in [-0.2, -0.15) is 0 Å². The number of aryl methyl sites for hydroxylation is 1. The van der Waals surface area contributed by atoms with Gasteiger partial charge in [-0.15, -0.1) is 0 Å². The number of aromatic nitrogens is 1. The molecule has 0 aliphatic carbocycles. The monoisotopic (exact) mass is 308 g/mol. The van der Waals surface area contributed by atoms with E-state index >= 15 is 0 Å². The highest BCUT2D eigenvalue weighted by Gasteiger charge is 2.05. The summed E-state index contributed by atoms with van der Waals surface area (Å²) in [7, 11) is 3.46. The van der Waals surface area contributed by atoms with Crippen LogP contribution in [0.15, 0.2) is 59.4 Å². The van der Waals surface area contributed by atoms with Crippen molar-refractivity contribution in [1.82, 2.24) is 4.57 Å². The number of fused-ring (bicyclic) bond motifs is 1. The highest BCUT2D eigenvalue weighted by atomic mass is 16.5. The first-order chi connectivity index (χ1) is 11.2. The Morgan fingerprint density at radius 1 is 1.09 bits per heavy atom. The quantitative estimate of drug-likeness (QED) is 0.787. The van der Waals surface area contributed by atoms with Gasteiger partial charge in [0, 0.05) is 19.0 Å². The Morgan fingerprint density at radius 2 is 1.83 bits per heavy atom. The average Bonchev–Trinajstić information content (AvgIpc) is 2.60. The summed E-state index contributed by atoms with van der Waals surface area (Å²) < 4.78 is 6.84. The normalized spacial score (nSPS) is 10.7. The topological polar surface area (TPSA) is 43.3 Å². The van der Waals surface area contributed by atoms with E-state index in [4.69, 9.17) is 4.74 Å². The molecule has 0 radical (unpaired) electrons. The minimum absolute atomic E-state index is 0.00145. The first-order valence-corrected chi connectivity index (χ1v) is 7.64. The largest absolute Gasteiger partial charge is 0.497 e.